The van der Waals surface area contributed by atoms with Crippen LogP contribution in [0.3, 0.4) is 0 Å². The highest BCUT2D eigenvalue weighted by molar-refractivity contribution is 5.24. The van der Waals surface area contributed by atoms with Crippen molar-refractivity contribution in [2.75, 3.05) is 19.6 Å². The summed E-state index contributed by atoms with van der Waals surface area (Å²) in [5.74, 6) is 0.0830. The minimum atomic E-state index is -0.508. The standard InChI is InChI=1S/C18H21FN4O3/c1-18(12-22-10-16(23(24)25)20-17(22)26-18)11-21-8-6-14(7-9-21)13-2-4-15(19)5-3-13/h2-5,10,14H,6-9,11-12H2,1H3. The average molecular weight is 360 g/mol. The number of nitrogens with zero attached hydrogens (tertiary/aromatic N) is 4. The molecule has 1 saturated heterocycles. The summed E-state index contributed by atoms with van der Waals surface area (Å²) in [6, 6.07) is 7.12. The monoisotopic (exact) mass is 360 g/mol. The van der Waals surface area contributed by atoms with Crippen LogP contribution in [0.2, 0.25) is 0 Å². The van der Waals surface area contributed by atoms with Crippen molar-refractivity contribution in [2.24, 2.45) is 0 Å². The molecule has 8 heteroatoms. The van der Waals surface area contributed by atoms with Gasteiger partial charge in [0.1, 0.15) is 17.6 Å². The molecular weight excluding hydrogens is 339 g/mol. The summed E-state index contributed by atoms with van der Waals surface area (Å²) in [6.45, 7) is 5.22. The molecule has 1 fully saturated rings. The Morgan fingerprint density at radius 1 is 1.35 bits per heavy atom. The smallest absolute Gasteiger partial charge is 0.415 e. The molecular formula is C18H21FN4O3. The second kappa shape index (κ2) is 6.35. The summed E-state index contributed by atoms with van der Waals surface area (Å²) in [7, 11) is 0. The van der Waals surface area contributed by atoms with Gasteiger partial charge in [0.2, 0.25) is 0 Å². The third kappa shape index (κ3) is 3.29. The summed E-state index contributed by atoms with van der Waals surface area (Å²) in [5, 5.41) is 10.8. The van der Waals surface area contributed by atoms with E-state index in [4.69, 9.17) is 4.74 Å². The van der Waals surface area contributed by atoms with E-state index in [9.17, 15) is 14.5 Å². The van der Waals surface area contributed by atoms with E-state index in [2.05, 4.69) is 9.88 Å². The van der Waals surface area contributed by atoms with Gasteiger partial charge < -0.3 is 14.9 Å². The maximum atomic E-state index is 13.1. The minimum Gasteiger partial charge on any atom is -0.436 e. The molecule has 1 aromatic carbocycles. The molecule has 4 rings (SSSR count). The fourth-order valence-electron chi connectivity index (χ4n) is 4.00. The summed E-state index contributed by atoms with van der Waals surface area (Å²) in [5.41, 5.74) is 0.766. The van der Waals surface area contributed by atoms with Crippen molar-refractivity contribution in [1.82, 2.24) is 14.5 Å². The number of piperidine rings is 1. The third-order valence-corrected chi connectivity index (χ3v) is 5.24. The number of halogens is 1. The Kier molecular flexibility index (Phi) is 4.14. The molecule has 26 heavy (non-hydrogen) atoms. The van der Waals surface area contributed by atoms with Crippen LogP contribution in [-0.4, -0.2) is 44.6 Å². The number of likely N-dealkylation sites (tertiary alicyclic amines) is 1. The molecule has 1 atom stereocenters. The van der Waals surface area contributed by atoms with Gasteiger partial charge in [0.15, 0.2) is 0 Å². The van der Waals surface area contributed by atoms with Gasteiger partial charge in [-0.05, 0) is 61.4 Å². The lowest BCUT2D eigenvalue weighted by Gasteiger charge is -2.36. The van der Waals surface area contributed by atoms with Crippen LogP contribution in [0.15, 0.2) is 30.5 Å². The summed E-state index contributed by atoms with van der Waals surface area (Å²) in [6.07, 6.45) is 3.48. The predicted octanol–water partition coefficient (Wildman–Crippen LogP) is 2.96. The van der Waals surface area contributed by atoms with E-state index >= 15 is 0 Å². The number of imidazole rings is 1. The van der Waals surface area contributed by atoms with Gasteiger partial charge in [-0.2, -0.15) is 0 Å². The first-order chi connectivity index (χ1) is 12.4. The van der Waals surface area contributed by atoms with Crippen molar-refractivity contribution < 1.29 is 14.1 Å². The van der Waals surface area contributed by atoms with Crippen LogP contribution in [0.5, 0.6) is 6.01 Å². The first kappa shape index (κ1) is 17.0. The van der Waals surface area contributed by atoms with Crippen LogP contribution in [0, 0.1) is 15.9 Å². The molecule has 2 aromatic rings. The third-order valence-electron chi connectivity index (χ3n) is 5.24. The maximum Gasteiger partial charge on any atom is 0.415 e. The Morgan fingerprint density at radius 2 is 2.04 bits per heavy atom. The summed E-state index contributed by atoms with van der Waals surface area (Å²) >= 11 is 0. The largest absolute Gasteiger partial charge is 0.436 e. The second-order valence-electron chi connectivity index (χ2n) is 7.42. The van der Waals surface area contributed by atoms with Gasteiger partial charge in [-0.3, -0.25) is 9.47 Å². The lowest BCUT2D eigenvalue weighted by atomic mass is 9.89. The molecule has 0 spiro atoms. The Bertz CT molecular complexity index is 789. The van der Waals surface area contributed by atoms with Gasteiger partial charge >= 0.3 is 11.8 Å². The van der Waals surface area contributed by atoms with Crippen LogP contribution in [-0.2, 0) is 6.54 Å². The van der Waals surface area contributed by atoms with Crippen molar-refractivity contribution in [2.45, 2.75) is 37.8 Å². The zero-order valence-electron chi connectivity index (χ0n) is 14.6. The van der Waals surface area contributed by atoms with E-state index in [1.807, 2.05) is 19.1 Å². The van der Waals surface area contributed by atoms with Crippen molar-refractivity contribution >= 4 is 5.82 Å². The second-order valence-corrected chi connectivity index (χ2v) is 7.42. The van der Waals surface area contributed by atoms with Crippen LogP contribution in [0.1, 0.15) is 31.2 Å². The SMILES string of the molecule is CC1(CN2CCC(c3ccc(F)cc3)CC2)Cn2cc([N+](=O)[O-])nc2O1. The normalized spacial score (nSPS) is 23.6. The highest BCUT2D eigenvalue weighted by atomic mass is 19.1. The van der Waals surface area contributed by atoms with Gasteiger partial charge in [-0.15, -0.1) is 0 Å². The maximum absolute atomic E-state index is 13.1. The average Bonchev–Trinajstić information content (AvgIpc) is 3.11. The van der Waals surface area contributed by atoms with Crippen molar-refractivity contribution in [1.29, 1.82) is 0 Å². The first-order valence-corrected chi connectivity index (χ1v) is 8.80. The molecule has 2 aliphatic rings. The summed E-state index contributed by atoms with van der Waals surface area (Å²) < 4.78 is 20.7. The van der Waals surface area contributed by atoms with E-state index in [-0.39, 0.29) is 11.6 Å². The van der Waals surface area contributed by atoms with E-state index in [1.54, 1.807) is 4.57 Å². The van der Waals surface area contributed by atoms with Gasteiger partial charge in [0, 0.05) is 11.5 Å². The molecule has 1 unspecified atom stereocenters. The molecule has 0 radical (unpaired) electrons. The van der Waals surface area contributed by atoms with Crippen molar-refractivity contribution in [3.05, 3.63) is 52.0 Å². The lowest BCUT2D eigenvalue weighted by molar-refractivity contribution is -0.389. The highest BCUT2D eigenvalue weighted by Crippen LogP contribution is 2.33. The molecule has 0 bridgehead atoms. The number of hydrogen-bond donors (Lipinski definition) is 0. The molecule has 0 aliphatic carbocycles. The number of hydrogen-bond acceptors (Lipinski definition) is 5. The number of ether oxygens (including phenoxy) is 1. The minimum absolute atomic E-state index is 0.179. The fourth-order valence-corrected chi connectivity index (χ4v) is 4.00. The van der Waals surface area contributed by atoms with Crippen LogP contribution < -0.4 is 4.74 Å². The van der Waals surface area contributed by atoms with E-state index in [0.717, 1.165) is 32.5 Å². The highest BCUT2D eigenvalue weighted by Gasteiger charge is 2.41. The Labute approximate surface area is 150 Å². The molecule has 3 heterocycles. The Morgan fingerprint density at radius 3 is 2.65 bits per heavy atom. The Balaban J connectivity index is 1.33. The number of nitro groups is 1. The van der Waals surface area contributed by atoms with Crippen LogP contribution in [0.25, 0.3) is 0 Å². The molecule has 7 nitrogen and oxygen atoms in total. The lowest BCUT2D eigenvalue weighted by Crippen LogP contribution is -2.47. The Hall–Kier alpha value is -2.48. The number of rotatable bonds is 4. The van der Waals surface area contributed by atoms with E-state index in [0.29, 0.717) is 18.5 Å². The van der Waals surface area contributed by atoms with Gasteiger partial charge in [-0.25, -0.2) is 4.39 Å². The number of benzene rings is 1. The van der Waals surface area contributed by atoms with Crippen LogP contribution >= 0.6 is 0 Å². The molecule has 0 saturated carbocycles. The van der Waals surface area contributed by atoms with E-state index < -0.39 is 10.5 Å². The number of fused-ring (bicyclic) bond motifs is 1. The van der Waals surface area contributed by atoms with Crippen molar-refractivity contribution in [3.8, 4) is 6.01 Å². The zero-order chi connectivity index (χ0) is 18.3. The van der Waals surface area contributed by atoms with E-state index in [1.165, 1.54) is 23.9 Å². The number of aromatic nitrogens is 2. The quantitative estimate of drug-likeness (QED) is 0.619. The topological polar surface area (TPSA) is 73.4 Å². The molecule has 2 aliphatic heterocycles. The summed E-state index contributed by atoms with van der Waals surface area (Å²) in [4.78, 5) is 16.6. The van der Waals surface area contributed by atoms with Gasteiger partial charge in [-0.1, -0.05) is 12.1 Å². The van der Waals surface area contributed by atoms with Crippen molar-refractivity contribution in [3.63, 3.8) is 0 Å². The molecule has 0 N–H and O–H groups in total. The molecule has 138 valence electrons. The predicted molar refractivity (Wildman–Crippen MR) is 92.7 cm³/mol. The fraction of sp³-hybridized carbons (Fsp3) is 0.500. The van der Waals surface area contributed by atoms with Gasteiger partial charge in [0.25, 0.3) is 0 Å². The molecule has 0 amide bonds. The zero-order valence-corrected chi connectivity index (χ0v) is 14.6. The first-order valence-electron chi connectivity index (χ1n) is 8.80. The molecule has 1 aromatic heterocycles. The van der Waals surface area contributed by atoms with Crippen LogP contribution in [0.4, 0.5) is 10.2 Å². The van der Waals surface area contributed by atoms with Gasteiger partial charge in [0.05, 0.1) is 6.54 Å².